The third-order valence-corrected chi connectivity index (χ3v) is 3.39. The van der Waals surface area contributed by atoms with Crippen LogP contribution in [0.3, 0.4) is 0 Å². The van der Waals surface area contributed by atoms with Gasteiger partial charge >= 0.3 is 5.97 Å². The second-order valence-corrected chi connectivity index (χ2v) is 5.05. The van der Waals surface area contributed by atoms with Crippen LogP contribution < -0.4 is 0 Å². The van der Waals surface area contributed by atoms with E-state index >= 15 is 0 Å². The van der Waals surface area contributed by atoms with E-state index in [-0.39, 0.29) is 11.5 Å². The largest absolute Gasteiger partial charge is 0.476 e. The van der Waals surface area contributed by atoms with Crippen molar-refractivity contribution in [2.45, 2.75) is 0 Å². The van der Waals surface area contributed by atoms with Gasteiger partial charge < -0.3 is 5.11 Å². The van der Waals surface area contributed by atoms with Crippen molar-refractivity contribution in [3.63, 3.8) is 0 Å². The van der Waals surface area contributed by atoms with Crippen LogP contribution in [-0.2, 0) is 0 Å². The lowest BCUT2D eigenvalue weighted by Crippen LogP contribution is -2.02. The Morgan fingerprint density at radius 2 is 1.73 bits per heavy atom. The van der Waals surface area contributed by atoms with E-state index in [4.69, 9.17) is 16.7 Å². The molecule has 0 aliphatic heterocycles. The molecule has 0 aliphatic rings. The molecule has 110 valence electrons. The van der Waals surface area contributed by atoms with Crippen molar-refractivity contribution in [2.24, 2.45) is 0 Å². The summed E-state index contributed by atoms with van der Waals surface area (Å²) in [6.07, 6.45) is 0. The molecule has 4 nitrogen and oxygen atoms in total. The predicted octanol–water partition coefficient (Wildman–Crippen LogP) is 4.03. The summed E-state index contributed by atoms with van der Waals surface area (Å²) >= 11 is 5.87. The van der Waals surface area contributed by atoms with Gasteiger partial charge in [-0.1, -0.05) is 23.7 Å². The molecule has 0 amide bonds. The minimum Gasteiger partial charge on any atom is -0.476 e. The van der Waals surface area contributed by atoms with Crippen molar-refractivity contribution in [2.75, 3.05) is 0 Å². The zero-order valence-corrected chi connectivity index (χ0v) is 12.0. The number of nitrogens with zero attached hydrogens (tertiary/aromatic N) is 2. The Bertz CT molecular complexity index is 763. The molecule has 3 aromatic rings. The van der Waals surface area contributed by atoms with Crippen molar-refractivity contribution in [3.8, 4) is 16.9 Å². The summed E-state index contributed by atoms with van der Waals surface area (Å²) in [5.41, 5.74) is 1.82. The minimum atomic E-state index is -1.13. The number of aromatic nitrogens is 2. The van der Waals surface area contributed by atoms with Crippen molar-refractivity contribution in [1.29, 1.82) is 0 Å². The lowest BCUT2D eigenvalue weighted by molar-refractivity contribution is 0.0690. The summed E-state index contributed by atoms with van der Waals surface area (Å²) in [5, 5.41) is 13.8. The molecule has 0 radical (unpaired) electrons. The second kappa shape index (κ2) is 5.61. The van der Waals surface area contributed by atoms with Gasteiger partial charge in [0.05, 0.1) is 11.4 Å². The maximum atomic E-state index is 13.1. The van der Waals surface area contributed by atoms with Gasteiger partial charge in [-0.3, -0.25) is 0 Å². The van der Waals surface area contributed by atoms with Crippen LogP contribution in [0, 0.1) is 5.82 Å². The lowest BCUT2D eigenvalue weighted by Gasteiger charge is -2.07. The van der Waals surface area contributed by atoms with Gasteiger partial charge in [-0.2, -0.15) is 5.10 Å². The molecule has 0 spiro atoms. The molecule has 0 saturated heterocycles. The molecule has 22 heavy (non-hydrogen) atoms. The van der Waals surface area contributed by atoms with E-state index in [9.17, 15) is 9.18 Å². The number of halogens is 2. The first-order chi connectivity index (χ1) is 10.5. The van der Waals surface area contributed by atoms with Crippen molar-refractivity contribution in [1.82, 2.24) is 9.78 Å². The number of hydrogen-bond donors (Lipinski definition) is 1. The summed E-state index contributed by atoms with van der Waals surface area (Å²) in [6, 6.07) is 14.1. The highest BCUT2D eigenvalue weighted by molar-refractivity contribution is 6.30. The molecular formula is C16H10ClFN2O2. The highest BCUT2D eigenvalue weighted by atomic mass is 35.5. The Morgan fingerprint density at radius 3 is 2.32 bits per heavy atom. The SMILES string of the molecule is O=C(O)c1cc(-c2ccc(Cl)cc2)n(-c2ccc(F)cc2)n1. The molecule has 2 aromatic carbocycles. The van der Waals surface area contributed by atoms with Gasteiger partial charge in [0.1, 0.15) is 5.82 Å². The second-order valence-electron chi connectivity index (χ2n) is 4.62. The standard InChI is InChI=1S/C16H10ClFN2O2/c17-11-3-1-10(2-4-11)15-9-14(16(21)22)19-20(15)13-7-5-12(18)6-8-13/h1-9H,(H,21,22). The smallest absolute Gasteiger partial charge is 0.356 e. The average molecular weight is 317 g/mol. The quantitative estimate of drug-likeness (QED) is 0.793. The van der Waals surface area contributed by atoms with Gasteiger partial charge in [-0.25, -0.2) is 13.9 Å². The highest BCUT2D eigenvalue weighted by Crippen LogP contribution is 2.25. The molecule has 0 aliphatic carbocycles. The van der Waals surface area contributed by atoms with Crippen LogP contribution in [0.25, 0.3) is 16.9 Å². The molecule has 1 N–H and O–H groups in total. The van der Waals surface area contributed by atoms with Crippen molar-refractivity contribution >= 4 is 17.6 Å². The molecule has 3 rings (SSSR count). The van der Waals surface area contributed by atoms with Gasteiger partial charge in [0.2, 0.25) is 0 Å². The van der Waals surface area contributed by atoms with E-state index in [0.29, 0.717) is 16.4 Å². The maximum absolute atomic E-state index is 13.1. The van der Waals surface area contributed by atoms with Crippen LogP contribution in [0.2, 0.25) is 5.02 Å². The molecule has 0 saturated carbocycles. The Labute approximate surface area is 130 Å². The topological polar surface area (TPSA) is 55.1 Å². The van der Waals surface area contributed by atoms with Crippen LogP contribution in [-0.4, -0.2) is 20.9 Å². The van der Waals surface area contributed by atoms with E-state index in [0.717, 1.165) is 5.56 Å². The lowest BCUT2D eigenvalue weighted by atomic mass is 10.1. The first-order valence-electron chi connectivity index (χ1n) is 6.40. The Morgan fingerprint density at radius 1 is 1.09 bits per heavy atom. The number of carboxylic acids is 1. The number of aromatic carboxylic acids is 1. The Kier molecular flexibility index (Phi) is 3.65. The van der Waals surface area contributed by atoms with Crippen LogP contribution in [0.15, 0.2) is 54.6 Å². The molecule has 0 unspecified atom stereocenters. The number of carbonyl (C=O) groups is 1. The number of benzene rings is 2. The van der Waals surface area contributed by atoms with Crippen molar-refractivity contribution < 1.29 is 14.3 Å². The molecule has 0 fully saturated rings. The summed E-state index contributed by atoms with van der Waals surface area (Å²) in [6.45, 7) is 0. The number of hydrogen-bond acceptors (Lipinski definition) is 2. The van der Waals surface area contributed by atoms with E-state index in [2.05, 4.69) is 5.10 Å². The van der Waals surface area contributed by atoms with Gasteiger partial charge in [-0.15, -0.1) is 0 Å². The Hall–Kier alpha value is -2.66. The fourth-order valence-corrected chi connectivity index (χ4v) is 2.22. The summed E-state index contributed by atoms with van der Waals surface area (Å²) in [4.78, 5) is 11.2. The number of carboxylic acid groups (broad SMARTS) is 1. The monoisotopic (exact) mass is 316 g/mol. The zero-order chi connectivity index (χ0) is 15.7. The molecule has 1 aromatic heterocycles. The van der Waals surface area contributed by atoms with E-state index in [1.807, 2.05) is 0 Å². The fraction of sp³-hybridized carbons (Fsp3) is 0. The summed E-state index contributed by atoms with van der Waals surface area (Å²) < 4.78 is 14.5. The third-order valence-electron chi connectivity index (χ3n) is 3.14. The van der Waals surface area contributed by atoms with Crippen LogP contribution >= 0.6 is 11.6 Å². The first-order valence-corrected chi connectivity index (χ1v) is 6.77. The highest BCUT2D eigenvalue weighted by Gasteiger charge is 2.16. The maximum Gasteiger partial charge on any atom is 0.356 e. The van der Waals surface area contributed by atoms with Crippen LogP contribution in [0.5, 0.6) is 0 Å². The van der Waals surface area contributed by atoms with Gasteiger partial charge in [-0.05, 0) is 42.5 Å². The normalized spacial score (nSPS) is 10.6. The number of rotatable bonds is 3. The van der Waals surface area contributed by atoms with E-state index < -0.39 is 5.97 Å². The Balaban J connectivity index is 2.17. The van der Waals surface area contributed by atoms with E-state index in [1.165, 1.54) is 35.0 Å². The minimum absolute atomic E-state index is 0.0886. The van der Waals surface area contributed by atoms with Crippen LogP contribution in [0.1, 0.15) is 10.5 Å². The molecular weight excluding hydrogens is 307 g/mol. The first kappa shape index (κ1) is 14.3. The average Bonchev–Trinajstić information content (AvgIpc) is 2.94. The fourth-order valence-electron chi connectivity index (χ4n) is 2.09. The summed E-state index contributed by atoms with van der Waals surface area (Å²) in [5.74, 6) is -1.50. The zero-order valence-electron chi connectivity index (χ0n) is 11.2. The van der Waals surface area contributed by atoms with Gasteiger partial charge in [0, 0.05) is 10.6 Å². The molecule has 1 heterocycles. The predicted molar refractivity (Wildman–Crippen MR) is 80.9 cm³/mol. The molecule has 0 bridgehead atoms. The third kappa shape index (κ3) is 2.71. The van der Waals surface area contributed by atoms with Gasteiger partial charge in [0.25, 0.3) is 0 Å². The van der Waals surface area contributed by atoms with Crippen LogP contribution in [0.4, 0.5) is 4.39 Å². The van der Waals surface area contributed by atoms with Gasteiger partial charge in [0.15, 0.2) is 5.69 Å². The van der Waals surface area contributed by atoms with Crippen molar-refractivity contribution in [3.05, 3.63) is 71.1 Å². The molecule has 0 atom stereocenters. The summed E-state index contributed by atoms with van der Waals surface area (Å²) in [7, 11) is 0. The van der Waals surface area contributed by atoms with E-state index in [1.54, 1.807) is 24.3 Å². The molecule has 6 heteroatoms.